The van der Waals surface area contributed by atoms with E-state index in [0.717, 1.165) is 33.8 Å². The van der Waals surface area contributed by atoms with Crippen molar-refractivity contribution in [3.63, 3.8) is 0 Å². The van der Waals surface area contributed by atoms with Gasteiger partial charge in [-0.25, -0.2) is 4.98 Å². The molecule has 0 N–H and O–H groups in total. The van der Waals surface area contributed by atoms with Crippen LogP contribution < -0.4 is 0 Å². The van der Waals surface area contributed by atoms with Gasteiger partial charge < -0.3 is 4.57 Å². The van der Waals surface area contributed by atoms with E-state index in [4.69, 9.17) is 4.98 Å². The number of benzene rings is 7. The van der Waals surface area contributed by atoms with Crippen LogP contribution in [0.3, 0.4) is 0 Å². The number of thiophene rings is 1. The Hall–Kier alpha value is -6.29. The molecule has 0 aliphatic heterocycles. The average molecular weight is 655 g/mol. The van der Waals surface area contributed by atoms with Crippen molar-refractivity contribution in [2.45, 2.75) is 0 Å². The molecule has 0 saturated carbocycles. The van der Waals surface area contributed by atoms with Crippen LogP contribution in [0.4, 0.5) is 0 Å². The summed E-state index contributed by atoms with van der Waals surface area (Å²) in [6.45, 7) is 0. The molecule has 0 amide bonds. The second kappa shape index (κ2) is 11.7. The smallest absolute Gasteiger partial charge is 0.0730 e. The van der Waals surface area contributed by atoms with Crippen LogP contribution in [0.1, 0.15) is 0 Å². The summed E-state index contributed by atoms with van der Waals surface area (Å²) >= 11 is 1.85. The zero-order valence-corrected chi connectivity index (χ0v) is 27.9. The Morgan fingerprint density at radius 1 is 0.380 bits per heavy atom. The summed E-state index contributed by atoms with van der Waals surface area (Å²) in [7, 11) is 0. The molecule has 3 heterocycles. The fourth-order valence-electron chi connectivity index (χ4n) is 7.43. The van der Waals surface area contributed by atoms with Gasteiger partial charge >= 0.3 is 0 Å². The first-order chi connectivity index (χ1) is 24.8. The predicted octanol–water partition coefficient (Wildman–Crippen LogP) is 13.2. The zero-order valence-electron chi connectivity index (χ0n) is 27.1. The topological polar surface area (TPSA) is 17.8 Å². The van der Waals surface area contributed by atoms with Crippen LogP contribution in [0.5, 0.6) is 0 Å². The molecule has 10 aromatic rings. The summed E-state index contributed by atoms with van der Waals surface area (Å²) in [5.41, 5.74) is 12.4. The Bertz CT molecular complexity index is 2860. The van der Waals surface area contributed by atoms with Crippen LogP contribution >= 0.6 is 11.3 Å². The number of hydrogen-bond donors (Lipinski definition) is 0. The lowest BCUT2D eigenvalue weighted by atomic mass is 9.96. The van der Waals surface area contributed by atoms with Gasteiger partial charge in [0, 0.05) is 47.8 Å². The highest BCUT2D eigenvalue weighted by Crippen LogP contribution is 2.42. The number of hydrogen-bond acceptors (Lipinski definition) is 2. The molecule has 3 aromatic heterocycles. The fourth-order valence-corrected chi connectivity index (χ4v) is 8.65. The van der Waals surface area contributed by atoms with Crippen LogP contribution in [0.15, 0.2) is 182 Å². The highest BCUT2D eigenvalue weighted by atomic mass is 32.1. The summed E-state index contributed by atoms with van der Waals surface area (Å²) in [6.07, 6.45) is 0. The molecule has 2 nitrogen and oxygen atoms in total. The first kappa shape index (κ1) is 28.7. The Kier molecular flexibility index (Phi) is 6.71. The molecule has 0 aliphatic carbocycles. The van der Waals surface area contributed by atoms with E-state index in [1.54, 1.807) is 0 Å². The van der Waals surface area contributed by atoms with E-state index in [1.165, 1.54) is 58.7 Å². The minimum absolute atomic E-state index is 0.959. The van der Waals surface area contributed by atoms with Gasteiger partial charge in [-0.3, -0.25) is 0 Å². The molecule has 0 fully saturated rings. The van der Waals surface area contributed by atoms with E-state index in [1.807, 2.05) is 11.3 Å². The zero-order chi connectivity index (χ0) is 33.0. The van der Waals surface area contributed by atoms with Gasteiger partial charge in [0.25, 0.3) is 0 Å². The van der Waals surface area contributed by atoms with Gasteiger partial charge in [-0.1, -0.05) is 127 Å². The first-order valence-corrected chi connectivity index (χ1v) is 17.8. The lowest BCUT2D eigenvalue weighted by Gasteiger charge is -2.13. The Balaban J connectivity index is 1.21. The molecule has 0 radical (unpaired) electrons. The second-order valence-electron chi connectivity index (χ2n) is 12.8. The van der Waals surface area contributed by atoms with Crippen molar-refractivity contribution in [2.75, 3.05) is 0 Å². The fraction of sp³-hybridized carbons (Fsp3) is 0. The number of nitrogens with zero attached hydrogens (tertiary/aromatic N) is 2. The molecule has 10 rings (SSSR count). The minimum atomic E-state index is 0.959. The van der Waals surface area contributed by atoms with Crippen LogP contribution in [0.25, 0.3) is 92.4 Å². The molecule has 0 spiro atoms. The van der Waals surface area contributed by atoms with Gasteiger partial charge in [-0.05, 0) is 76.9 Å². The third-order valence-corrected chi connectivity index (χ3v) is 11.0. The summed E-state index contributed by atoms with van der Waals surface area (Å²) in [5.74, 6) is 0. The highest BCUT2D eigenvalue weighted by molar-refractivity contribution is 7.26. The van der Waals surface area contributed by atoms with E-state index >= 15 is 0 Å². The number of rotatable bonds is 5. The van der Waals surface area contributed by atoms with Gasteiger partial charge in [-0.15, -0.1) is 11.3 Å². The van der Waals surface area contributed by atoms with Gasteiger partial charge in [-0.2, -0.15) is 0 Å². The molecule has 7 aromatic carbocycles. The van der Waals surface area contributed by atoms with E-state index < -0.39 is 0 Å². The second-order valence-corrected chi connectivity index (χ2v) is 13.8. The van der Waals surface area contributed by atoms with Crippen molar-refractivity contribution >= 4 is 53.3 Å². The van der Waals surface area contributed by atoms with Gasteiger partial charge in [0.05, 0.1) is 22.4 Å². The molecular formula is C47H30N2S. The van der Waals surface area contributed by atoms with Crippen LogP contribution in [-0.4, -0.2) is 9.55 Å². The number of para-hydroxylation sites is 2. The van der Waals surface area contributed by atoms with Crippen LogP contribution in [0, 0.1) is 0 Å². The van der Waals surface area contributed by atoms with E-state index in [9.17, 15) is 0 Å². The van der Waals surface area contributed by atoms with E-state index in [0.29, 0.717) is 0 Å². The molecule has 234 valence electrons. The van der Waals surface area contributed by atoms with E-state index in [2.05, 4.69) is 187 Å². The quantitative estimate of drug-likeness (QED) is 0.181. The average Bonchev–Trinajstić information content (AvgIpc) is 3.74. The summed E-state index contributed by atoms with van der Waals surface area (Å²) in [5, 5.41) is 5.05. The lowest BCUT2D eigenvalue weighted by Crippen LogP contribution is -1.93. The molecule has 0 bridgehead atoms. The molecule has 0 saturated heterocycles. The molecule has 0 unspecified atom stereocenters. The minimum Gasteiger partial charge on any atom is -0.309 e. The van der Waals surface area contributed by atoms with Crippen molar-refractivity contribution in [3.05, 3.63) is 182 Å². The molecule has 50 heavy (non-hydrogen) atoms. The van der Waals surface area contributed by atoms with Crippen molar-refractivity contribution in [1.29, 1.82) is 0 Å². The number of aromatic nitrogens is 2. The third-order valence-electron chi connectivity index (χ3n) is 9.79. The maximum Gasteiger partial charge on any atom is 0.0730 e. The number of fused-ring (bicyclic) bond motifs is 6. The molecular weight excluding hydrogens is 625 g/mol. The summed E-state index contributed by atoms with van der Waals surface area (Å²) in [6, 6.07) is 65.5. The van der Waals surface area contributed by atoms with Crippen molar-refractivity contribution in [1.82, 2.24) is 9.55 Å². The van der Waals surface area contributed by atoms with Crippen molar-refractivity contribution < 1.29 is 0 Å². The Morgan fingerprint density at radius 2 is 1.02 bits per heavy atom. The monoisotopic (exact) mass is 654 g/mol. The first-order valence-electron chi connectivity index (χ1n) is 17.0. The largest absolute Gasteiger partial charge is 0.309 e. The Morgan fingerprint density at radius 3 is 1.90 bits per heavy atom. The third kappa shape index (κ3) is 4.74. The normalized spacial score (nSPS) is 11.6. The predicted molar refractivity (Wildman–Crippen MR) is 213 cm³/mol. The maximum absolute atomic E-state index is 5.41. The Labute approximate surface area is 294 Å². The summed E-state index contributed by atoms with van der Waals surface area (Å²) < 4.78 is 4.93. The van der Waals surface area contributed by atoms with Crippen molar-refractivity contribution in [3.8, 4) is 50.5 Å². The van der Waals surface area contributed by atoms with Crippen LogP contribution in [-0.2, 0) is 0 Å². The highest BCUT2D eigenvalue weighted by Gasteiger charge is 2.17. The van der Waals surface area contributed by atoms with Gasteiger partial charge in [0.15, 0.2) is 0 Å². The lowest BCUT2D eigenvalue weighted by molar-refractivity contribution is 1.18. The van der Waals surface area contributed by atoms with Gasteiger partial charge in [0.2, 0.25) is 0 Å². The SMILES string of the molecule is c1ccc(-c2cccc(-c3cc(-c4ccc5c(c4)c4ccccc4n5-c4ccccc4)cc(-c4cccc5c4sc4ccccc45)n3)c2)cc1. The molecule has 0 aliphatic rings. The molecule has 0 atom stereocenters. The number of pyridine rings is 1. The van der Waals surface area contributed by atoms with Crippen LogP contribution in [0.2, 0.25) is 0 Å². The molecule has 3 heteroatoms. The van der Waals surface area contributed by atoms with E-state index in [-0.39, 0.29) is 0 Å². The van der Waals surface area contributed by atoms with Gasteiger partial charge in [0.1, 0.15) is 0 Å². The maximum atomic E-state index is 5.41. The van der Waals surface area contributed by atoms with Crippen molar-refractivity contribution in [2.24, 2.45) is 0 Å². The summed E-state index contributed by atoms with van der Waals surface area (Å²) in [4.78, 5) is 5.41. The standard InChI is InChI=1S/C47H30N2S/c1-3-13-31(14-4-1)32-15-11-16-34(27-32)42-29-35(30-43(48-42)40-22-12-21-39-38-20-8-10-24-46(38)50-47(39)40)33-25-26-45-41(28-33)37-19-7-9-23-44(37)49(45)36-17-5-2-6-18-36/h1-30H.